The van der Waals surface area contributed by atoms with Crippen molar-refractivity contribution in [1.82, 2.24) is 4.98 Å². The summed E-state index contributed by atoms with van der Waals surface area (Å²) in [4.78, 5) is 7.78. The molecule has 0 saturated carbocycles. The summed E-state index contributed by atoms with van der Waals surface area (Å²) in [6, 6.07) is 0. The van der Waals surface area contributed by atoms with Crippen LogP contribution >= 0.6 is 23.6 Å². The molecular formula is C8H13N3S2. The van der Waals surface area contributed by atoms with E-state index in [4.69, 9.17) is 18.0 Å². The zero-order chi connectivity index (χ0) is 10.0. The molecule has 1 rings (SSSR count). The molecule has 0 unspecified atom stereocenters. The molecule has 0 fully saturated rings. The van der Waals surface area contributed by atoms with Crippen molar-refractivity contribution in [2.24, 2.45) is 5.73 Å². The molecule has 3 nitrogen and oxygen atoms in total. The van der Waals surface area contributed by atoms with E-state index in [0.717, 1.165) is 22.1 Å². The number of aromatic nitrogens is 1. The minimum Gasteiger partial charge on any atom is -0.389 e. The van der Waals surface area contributed by atoms with Crippen molar-refractivity contribution >= 4 is 33.7 Å². The van der Waals surface area contributed by atoms with Gasteiger partial charge in [-0.3, -0.25) is 0 Å². The Morgan fingerprint density at radius 2 is 2.23 bits per heavy atom. The highest BCUT2D eigenvalue weighted by molar-refractivity contribution is 7.81. The summed E-state index contributed by atoms with van der Waals surface area (Å²) in [5.74, 6) is 0. The first-order valence-corrected chi connectivity index (χ1v) is 5.25. The SMILES string of the molecule is CCc1nc(N(C)C)sc1C(N)=S. The minimum absolute atomic E-state index is 0.447. The number of nitrogens with zero attached hydrogens (tertiary/aromatic N) is 2. The summed E-state index contributed by atoms with van der Waals surface area (Å²) < 4.78 is 0. The van der Waals surface area contributed by atoms with E-state index in [-0.39, 0.29) is 0 Å². The number of hydrogen-bond acceptors (Lipinski definition) is 4. The second-order valence-electron chi connectivity index (χ2n) is 2.88. The van der Waals surface area contributed by atoms with Gasteiger partial charge in [0, 0.05) is 14.1 Å². The predicted octanol–water partition coefficient (Wildman–Crippen LogP) is 1.41. The fraction of sp³-hybridized carbons (Fsp3) is 0.500. The van der Waals surface area contributed by atoms with Crippen LogP contribution in [0.1, 0.15) is 17.5 Å². The Morgan fingerprint density at radius 3 is 2.54 bits per heavy atom. The molecule has 1 aromatic rings. The molecule has 2 N–H and O–H groups in total. The third-order valence-corrected chi connectivity index (χ3v) is 3.26. The average molecular weight is 215 g/mol. The maximum Gasteiger partial charge on any atom is 0.185 e. The molecule has 0 spiro atoms. The highest BCUT2D eigenvalue weighted by Crippen LogP contribution is 2.25. The van der Waals surface area contributed by atoms with Crippen molar-refractivity contribution < 1.29 is 0 Å². The zero-order valence-corrected chi connectivity index (χ0v) is 9.63. The van der Waals surface area contributed by atoms with E-state index in [1.54, 1.807) is 11.3 Å². The lowest BCUT2D eigenvalue weighted by Crippen LogP contribution is -2.09. The second-order valence-corrected chi connectivity index (χ2v) is 4.30. The summed E-state index contributed by atoms with van der Waals surface area (Å²) >= 11 is 6.49. The second kappa shape index (κ2) is 4.02. The van der Waals surface area contributed by atoms with Crippen LogP contribution in [-0.4, -0.2) is 24.1 Å². The zero-order valence-electron chi connectivity index (χ0n) is 8.00. The van der Waals surface area contributed by atoms with Crippen molar-refractivity contribution in [2.75, 3.05) is 19.0 Å². The van der Waals surface area contributed by atoms with Gasteiger partial charge in [-0.25, -0.2) is 4.98 Å². The van der Waals surface area contributed by atoms with Gasteiger partial charge in [-0.1, -0.05) is 30.5 Å². The average Bonchev–Trinajstić information content (AvgIpc) is 2.47. The van der Waals surface area contributed by atoms with Crippen LogP contribution in [0.3, 0.4) is 0 Å². The van der Waals surface area contributed by atoms with Crippen molar-refractivity contribution in [1.29, 1.82) is 0 Å². The molecule has 0 atom stereocenters. The molecular weight excluding hydrogens is 202 g/mol. The van der Waals surface area contributed by atoms with Crippen molar-refractivity contribution in [2.45, 2.75) is 13.3 Å². The largest absolute Gasteiger partial charge is 0.389 e. The first kappa shape index (κ1) is 10.4. The Hall–Kier alpha value is -0.680. The van der Waals surface area contributed by atoms with E-state index >= 15 is 0 Å². The molecule has 0 radical (unpaired) electrons. The van der Waals surface area contributed by atoms with Crippen molar-refractivity contribution in [3.8, 4) is 0 Å². The quantitative estimate of drug-likeness (QED) is 0.774. The summed E-state index contributed by atoms with van der Waals surface area (Å²) in [5, 5.41) is 0.958. The van der Waals surface area contributed by atoms with E-state index in [1.165, 1.54) is 0 Å². The maximum atomic E-state index is 5.59. The number of hydrogen-bond donors (Lipinski definition) is 1. The molecule has 0 bridgehead atoms. The maximum absolute atomic E-state index is 5.59. The summed E-state index contributed by atoms with van der Waals surface area (Å²) in [6.45, 7) is 2.05. The van der Waals surface area contributed by atoms with Gasteiger partial charge >= 0.3 is 0 Å². The van der Waals surface area contributed by atoms with E-state index in [0.29, 0.717) is 4.99 Å². The molecule has 0 aliphatic carbocycles. The normalized spacial score (nSPS) is 10.1. The fourth-order valence-corrected chi connectivity index (χ4v) is 2.13. The van der Waals surface area contributed by atoms with Crippen molar-refractivity contribution in [3.05, 3.63) is 10.6 Å². The van der Waals surface area contributed by atoms with Gasteiger partial charge < -0.3 is 10.6 Å². The third kappa shape index (κ3) is 2.16. The van der Waals surface area contributed by atoms with Crippen LogP contribution in [0.2, 0.25) is 0 Å². The number of thiocarbonyl (C=S) groups is 1. The van der Waals surface area contributed by atoms with E-state index in [1.807, 2.05) is 19.0 Å². The first-order chi connectivity index (χ1) is 6.06. The Morgan fingerprint density at radius 1 is 1.62 bits per heavy atom. The molecule has 72 valence electrons. The van der Waals surface area contributed by atoms with Crippen molar-refractivity contribution in [3.63, 3.8) is 0 Å². The van der Waals surface area contributed by atoms with Gasteiger partial charge in [0.25, 0.3) is 0 Å². The number of aryl methyl sites for hydroxylation is 1. The molecule has 1 heterocycles. The lowest BCUT2D eigenvalue weighted by molar-refractivity contribution is 1.02. The number of nitrogens with two attached hydrogens (primary N) is 1. The van der Waals surface area contributed by atoms with Gasteiger partial charge in [0.2, 0.25) is 0 Å². The van der Waals surface area contributed by atoms with Gasteiger partial charge in [-0.2, -0.15) is 0 Å². The van der Waals surface area contributed by atoms with Crippen LogP contribution < -0.4 is 10.6 Å². The van der Waals surface area contributed by atoms with Crippen LogP contribution in [0.15, 0.2) is 0 Å². The highest BCUT2D eigenvalue weighted by Gasteiger charge is 2.12. The Kier molecular flexibility index (Phi) is 3.22. The smallest absolute Gasteiger partial charge is 0.185 e. The predicted molar refractivity (Wildman–Crippen MR) is 61.7 cm³/mol. The molecule has 0 saturated heterocycles. The van der Waals surface area contributed by atoms with E-state index in [2.05, 4.69) is 11.9 Å². The molecule has 1 aromatic heterocycles. The van der Waals surface area contributed by atoms with E-state index < -0.39 is 0 Å². The number of rotatable bonds is 3. The van der Waals surface area contributed by atoms with Gasteiger partial charge in [0.1, 0.15) is 4.99 Å². The number of thiazole rings is 1. The van der Waals surface area contributed by atoms with Gasteiger partial charge in [0.15, 0.2) is 5.13 Å². The summed E-state index contributed by atoms with van der Waals surface area (Å²) in [7, 11) is 3.92. The summed E-state index contributed by atoms with van der Waals surface area (Å²) in [6.07, 6.45) is 0.872. The summed E-state index contributed by atoms with van der Waals surface area (Å²) in [5.41, 5.74) is 6.59. The van der Waals surface area contributed by atoms with E-state index in [9.17, 15) is 0 Å². The topological polar surface area (TPSA) is 42.2 Å². The molecule has 13 heavy (non-hydrogen) atoms. The highest BCUT2D eigenvalue weighted by atomic mass is 32.1. The third-order valence-electron chi connectivity index (χ3n) is 1.63. The van der Waals surface area contributed by atoms with Crippen LogP contribution in [0.5, 0.6) is 0 Å². The van der Waals surface area contributed by atoms with Crippen LogP contribution in [0.25, 0.3) is 0 Å². The molecule has 0 aliphatic rings. The lowest BCUT2D eigenvalue weighted by atomic mass is 10.3. The minimum atomic E-state index is 0.447. The lowest BCUT2D eigenvalue weighted by Gasteiger charge is -2.05. The molecule has 0 aliphatic heterocycles. The molecule has 5 heteroatoms. The Labute approximate surface area is 87.6 Å². The van der Waals surface area contributed by atoms with Crippen LogP contribution in [-0.2, 0) is 6.42 Å². The monoisotopic (exact) mass is 215 g/mol. The van der Waals surface area contributed by atoms with Crippen LogP contribution in [0.4, 0.5) is 5.13 Å². The van der Waals surface area contributed by atoms with Gasteiger partial charge in [0.05, 0.1) is 10.6 Å². The first-order valence-electron chi connectivity index (χ1n) is 4.03. The standard InChI is InChI=1S/C8H13N3S2/c1-4-5-6(7(9)12)13-8(10-5)11(2)3/h4H2,1-3H3,(H2,9,12). The van der Waals surface area contributed by atoms with Crippen LogP contribution in [0, 0.1) is 0 Å². The molecule has 0 aromatic carbocycles. The Balaban J connectivity index is 3.11. The number of anilines is 1. The Bertz CT molecular complexity index is 317. The fourth-order valence-electron chi connectivity index (χ4n) is 0.963. The van der Waals surface area contributed by atoms with Gasteiger partial charge in [-0.05, 0) is 6.42 Å². The molecule has 0 amide bonds. The van der Waals surface area contributed by atoms with Gasteiger partial charge in [-0.15, -0.1) is 0 Å².